The van der Waals surface area contributed by atoms with E-state index in [2.05, 4.69) is 4.98 Å². The predicted octanol–water partition coefficient (Wildman–Crippen LogP) is 2.62. The number of ether oxygens (including phenoxy) is 1. The van der Waals surface area contributed by atoms with Crippen molar-refractivity contribution in [2.24, 2.45) is 5.73 Å². The van der Waals surface area contributed by atoms with E-state index in [0.29, 0.717) is 19.6 Å². The van der Waals surface area contributed by atoms with Gasteiger partial charge >= 0.3 is 0 Å². The summed E-state index contributed by atoms with van der Waals surface area (Å²) in [7, 11) is 0. The maximum atomic E-state index is 13.8. The van der Waals surface area contributed by atoms with Gasteiger partial charge in [-0.3, -0.25) is 4.98 Å². The van der Waals surface area contributed by atoms with E-state index in [-0.39, 0.29) is 11.6 Å². The van der Waals surface area contributed by atoms with E-state index >= 15 is 0 Å². The highest BCUT2D eigenvalue weighted by Crippen LogP contribution is 2.25. The van der Waals surface area contributed by atoms with E-state index in [9.17, 15) is 4.39 Å². The van der Waals surface area contributed by atoms with E-state index in [0.717, 1.165) is 11.1 Å². The SMILES string of the molecule is NCCCOc1ccc(-c2ccncc2)cc1F. The molecule has 0 radical (unpaired) electrons. The normalized spacial score (nSPS) is 10.3. The van der Waals surface area contributed by atoms with Crippen molar-refractivity contribution in [3.8, 4) is 16.9 Å². The average molecular weight is 246 g/mol. The summed E-state index contributed by atoms with van der Waals surface area (Å²) < 4.78 is 19.1. The Kier molecular flexibility index (Phi) is 4.25. The number of rotatable bonds is 5. The molecule has 0 atom stereocenters. The van der Waals surface area contributed by atoms with Gasteiger partial charge < -0.3 is 10.5 Å². The Balaban J connectivity index is 2.15. The molecule has 2 rings (SSSR count). The third-order valence-electron chi connectivity index (χ3n) is 2.55. The van der Waals surface area contributed by atoms with Crippen molar-refractivity contribution in [3.05, 3.63) is 48.5 Å². The van der Waals surface area contributed by atoms with Gasteiger partial charge in [0.2, 0.25) is 0 Å². The van der Waals surface area contributed by atoms with Crippen molar-refractivity contribution >= 4 is 0 Å². The minimum atomic E-state index is -0.360. The minimum Gasteiger partial charge on any atom is -0.490 e. The molecule has 0 spiro atoms. The van der Waals surface area contributed by atoms with Crippen LogP contribution >= 0.6 is 0 Å². The summed E-state index contributed by atoms with van der Waals surface area (Å²) >= 11 is 0. The molecular formula is C14H15FN2O. The zero-order chi connectivity index (χ0) is 12.8. The Morgan fingerprint density at radius 3 is 2.56 bits per heavy atom. The lowest BCUT2D eigenvalue weighted by atomic mass is 10.1. The first kappa shape index (κ1) is 12.5. The fourth-order valence-electron chi connectivity index (χ4n) is 1.61. The summed E-state index contributed by atoms with van der Waals surface area (Å²) in [5.41, 5.74) is 7.09. The van der Waals surface area contributed by atoms with Crippen molar-refractivity contribution < 1.29 is 9.13 Å². The number of nitrogens with two attached hydrogens (primary N) is 1. The van der Waals surface area contributed by atoms with Gasteiger partial charge in [0.15, 0.2) is 11.6 Å². The maximum absolute atomic E-state index is 13.8. The van der Waals surface area contributed by atoms with Crippen LogP contribution in [0.5, 0.6) is 5.75 Å². The van der Waals surface area contributed by atoms with Crippen LogP contribution < -0.4 is 10.5 Å². The van der Waals surface area contributed by atoms with Crippen LogP contribution in [0.1, 0.15) is 6.42 Å². The molecule has 0 unspecified atom stereocenters. The lowest BCUT2D eigenvalue weighted by Gasteiger charge is -2.08. The number of hydrogen-bond acceptors (Lipinski definition) is 3. The first-order valence-electron chi connectivity index (χ1n) is 5.84. The summed E-state index contributed by atoms with van der Waals surface area (Å²) in [6.45, 7) is 0.971. The molecule has 0 saturated carbocycles. The number of hydrogen-bond donors (Lipinski definition) is 1. The van der Waals surface area contributed by atoms with Gasteiger partial charge in [0.1, 0.15) is 0 Å². The molecule has 0 aliphatic heterocycles. The molecule has 0 aliphatic carbocycles. The molecule has 4 heteroatoms. The van der Waals surface area contributed by atoms with Crippen LogP contribution in [0.15, 0.2) is 42.7 Å². The smallest absolute Gasteiger partial charge is 0.165 e. The van der Waals surface area contributed by atoms with Crippen molar-refractivity contribution in [1.29, 1.82) is 0 Å². The molecular weight excluding hydrogens is 231 g/mol. The predicted molar refractivity (Wildman–Crippen MR) is 68.8 cm³/mol. The molecule has 0 amide bonds. The van der Waals surface area contributed by atoms with Gasteiger partial charge in [-0.25, -0.2) is 4.39 Å². The summed E-state index contributed by atoms with van der Waals surface area (Å²) in [5.74, 6) is -0.0948. The third kappa shape index (κ3) is 3.05. The Bertz CT molecular complexity index is 502. The van der Waals surface area contributed by atoms with Gasteiger partial charge in [0.25, 0.3) is 0 Å². The largest absolute Gasteiger partial charge is 0.490 e. The van der Waals surface area contributed by atoms with Crippen LogP contribution in [0.4, 0.5) is 4.39 Å². The molecule has 1 heterocycles. The monoisotopic (exact) mass is 246 g/mol. The van der Waals surface area contributed by atoms with E-state index < -0.39 is 0 Å². The molecule has 0 saturated heterocycles. The molecule has 1 aromatic heterocycles. The average Bonchev–Trinajstić information content (AvgIpc) is 2.42. The molecule has 1 aromatic carbocycles. The van der Waals surface area contributed by atoms with E-state index in [4.69, 9.17) is 10.5 Å². The Labute approximate surface area is 105 Å². The summed E-state index contributed by atoms with van der Waals surface area (Å²) in [5, 5.41) is 0. The van der Waals surface area contributed by atoms with Gasteiger partial charge in [-0.05, 0) is 48.4 Å². The van der Waals surface area contributed by atoms with Crippen LogP contribution in [0, 0.1) is 5.82 Å². The van der Waals surface area contributed by atoms with Crippen molar-refractivity contribution in [3.63, 3.8) is 0 Å². The number of aromatic nitrogens is 1. The van der Waals surface area contributed by atoms with Gasteiger partial charge in [-0.1, -0.05) is 6.07 Å². The van der Waals surface area contributed by atoms with E-state index in [1.165, 1.54) is 6.07 Å². The van der Waals surface area contributed by atoms with Crippen LogP contribution in [-0.2, 0) is 0 Å². The lowest BCUT2D eigenvalue weighted by Crippen LogP contribution is -2.06. The fourth-order valence-corrected chi connectivity index (χ4v) is 1.61. The van der Waals surface area contributed by atoms with Crippen molar-refractivity contribution in [1.82, 2.24) is 4.98 Å². The van der Waals surface area contributed by atoms with Gasteiger partial charge in [-0.2, -0.15) is 0 Å². The summed E-state index contributed by atoms with van der Waals surface area (Å²) in [4.78, 5) is 3.93. The Morgan fingerprint density at radius 2 is 1.89 bits per heavy atom. The number of benzene rings is 1. The van der Waals surface area contributed by atoms with Crippen molar-refractivity contribution in [2.75, 3.05) is 13.2 Å². The van der Waals surface area contributed by atoms with Crippen molar-refractivity contribution in [2.45, 2.75) is 6.42 Å². The molecule has 2 aromatic rings. The highest BCUT2D eigenvalue weighted by Gasteiger charge is 2.05. The molecule has 2 N–H and O–H groups in total. The van der Waals surface area contributed by atoms with Gasteiger partial charge in [0, 0.05) is 12.4 Å². The lowest BCUT2D eigenvalue weighted by molar-refractivity contribution is 0.298. The molecule has 18 heavy (non-hydrogen) atoms. The molecule has 0 aliphatic rings. The zero-order valence-corrected chi connectivity index (χ0v) is 9.97. The van der Waals surface area contributed by atoms with Gasteiger partial charge in [0.05, 0.1) is 6.61 Å². The van der Waals surface area contributed by atoms with Crippen LogP contribution in [0.3, 0.4) is 0 Å². The second-order valence-corrected chi connectivity index (χ2v) is 3.87. The summed E-state index contributed by atoms with van der Waals surface area (Å²) in [6, 6.07) is 8.61. The van der Waals surface area contributed by atoms with Crippen LogP contribution in [0.2, 0.25) is 0 Å². The molecule has 0 fully saturated rings. The number of halogens is 1. The third-order valence-corrected chi connectivity index (χ3v) is 2.55. The first-order chi connectivity index (χ1) is 8.81. The fraction of sp³-hybridized carbons (Fsp3) is 0.214. The topological polar surface area (TPSA) is 48.1 Å². The molecule has 0 bridgehead atoms. The highest BCUT2D eigenvalue weighted by atomic mass is 19.1. The maximum Gasteiger partial charge on any atom is 0.165 e. The quantitative estimate of drug-likeness (QED) is 0.825. The molecule has 94 valence electrons. The number of nitrogens with zero attached hydrogens (tertiary/aromatic N) is 1. The van der Waals surface area contributed by atoms with Crippen LogP contribution in [0.25, 0.3) is 11.1 Å². The standard InChI is InChI=1S/C14H15FN2O/c15-13-10-12(11-4-7-17-8-5-11)2-3-14(13)18-9-1-6-16/h2-5,7-8,10H,1,6,9,16H2. The Hall–Kier alpha value is -1.94. The highest BCUT2D eigenvalue weighted by molar-refractivity contribution is 5.63. The summed E-state index contributed by atoms with van der Waals surface area (Å²) in [6.07, 6.45) is 4.07. The zero-order valence-electron chi connectivity index (χ0n) is 9.97. The van der Waals surface area contributed by atoms with Crippen LogP contribution in [-0.4, -0.2) is 18.1 Å². The van der Waals surface area contributed by atoms with E-state index in [1.54, 1.807) is 18.5 Å². The molecule has 3 nitrogen and oxygen atoms in total. The second-order valence-electron chi connectivity index (χ2n) is 3.87. The minimum absolute atomic E-state index is 0.265. The Morgan fingerprint density at radius 1 is 1.11 bits per heavy atom. The second kappa shape index (κ2) is 6.12. The number of pyridine rings is 1. The van der Waals surface area contributed by atoms with Gasteiger partial charge in [-0.15, -0.1) is 0 Å². The van der Waals surface area contributed by atoms with E-state index in [1.807, 2.05) is 18.2 Å². The first-order valence-corrected chi connectivity index (χ1v) is 5.84.